The van der Waals surface area contributed by atoms with E-state index in [4.69, 9.17) is 13.9 Å². The van der Waals surface area contributed by atoms with Gasteiger partial charge in [0.25, 0.3) is 0 Å². The summed E-state index contributed by atoms with van der Waals surface area (Å²) in [6, 6.07) is 2.71. The normalized spacial score (nSPS) is 13.0. The Hall–Kier alpha value is -3.47. The number of fused-ring (bicyclic) bond motifs is 2. The van der Waals surface area contributed by atoms with Gasteiger partial charge in [-0.15, -0.1) is 0 Å². The van der Waals surface area contributed by atoms with Gasteiger partial charge in [-0.1, -0.05) is 0 Å². The molecule has 0 aliphatic carbocycles. The van der Waals surface area contributed by atoms with E-state index >= 15 is 0 Å². The molecule has 1 aromatic carbocycles. The molecule has 0 fully saturated rings. The van der Waals surface area contributed by atoms with Crippen molar-refractivity contribution in [1.29, 1.82) is 0 Å². The Morgan fingerprint density at radius 1 is 1.03 bits per heavy atom. The summed E-state index contributed by atoms with van der Waals surface area (Å²) in [5, 5.41) is 15.7. The first-order valence-corrected chi connectivity index (χ1v) is 13.8. The molecule has 2 heterocycles. The Bertz CT molecular complexity index is 1420. The maximum absolute atomic E-state index is 12.7. The van der Waals surface area contributed by atoms with Crippen LogP contribution in [0.1, 0.15) is 48.1 Å². The number of carboxylic acid groups (broad SMARTS) is 1. The number of furan rings is 1. The van der Waals surface area contributed by atoms with E-state index in [1.165, 1.54) is 6.26 Å². The summed E-state index contributed by atoms with van der Waals surface area (Å²) in [5.41, 5.74) is 2.61. The van der Waals surface area contributed by atoms with E-state index in [0.717, 1.165) is 22.1 Å². The van der Waals surface area contributed by atoms with Crippen LogP contribution in [0.4, 0.5) is 0 Å². The van der Waals surface area contributed by atoms with Gasteiger partial charge in [-0.05, 0) is 57.2 Å². The SMILES string of the molecule is Cc1oc2cc3oc(=O)c(CCC(=O)N[C@@H](CCS(C)=O)C(=O)NCCCC(=O)O)c(C)c3cc2c1C. The fourth-order valence-corrected chi connectivity index (χ4v) is 4.71. The third-order valence-corrected chi connectivity index (χ3v) is 7.21. The lowest BCUT2D eigenvalue weighted by atomic mass is 10.00. The number of aliphatic carboxylic acids is 1. The number of carbonyl (C=O) groups excluding carboxylic acids is 2. The van der Waals surface area contributed by atoms with Crippen molar-refractivity contribution in [3.63, 3.8) is 0 Å². The van der Waals surface area contributed by atoms with E-state index in [1.807, 2.05) is 26.8 Å². The Balaban J connectivity index is 1.72. The third-order valence-electron chi connectivity index (χ3n) is 6.40. The third kappa shape index (κ3) is 7.06. The molecule has 0 aliphatic heterocycles. The number of hydrogen-bond donors (Lipinski definition) is 3. The van der Waals surface area contributed by atoms with Crippen molar-refractivity contribution in [1.82, 2.24) is 10.6 Å². The van der Waals surface area contributed by atoms with Crippen LogP contribution in [0.25, 0.3) is 21.9 Å². The minimum absolute atomic E-state index is 0.0544. The summed E-state index contributed by atoms with van der Waals surface area (Å²) in [6.45, 7) is 5.78. The molecule has 37 heavy (non-hydrogen) atoms. The average molecular weight is 533 g/mol. The highest BCUT2D eigenvalue weighted by atomic mass is 32.2. The lowest BCUT2D eigenvalue weighted by Gasteiger charge is -2.18. The van der Waals surface area contributed by atoms with Gasteiger partial charge in [-0.25, -0.2) is 4.79 Å². The van der Waals surface area contributed by atoms with Crippen molar-refractivity contribution in [3.05, 3.63) is 45.0 Å². The summed E-state index contributed by atoms with van der Waals surface area (Å²) in [7, 11) is -1.16. The van der Waals surface area contributed by atoms with Gasteiger partial charge < -0.3 is 24.6 Å². The minimum atomic E-state index is -1.16. The maximum Gasteiger partial charge on any atom is 0.339 e. The van der Waals surface area contributed by atoms with Crippen molar-refractivity contribution in [2.45, 2.75) is 58.9 Å². The van der Waals surface area contributed by atoms with Gasteiger partial charge in [0.1, 0.15) is 23.0 Å². The molecule has 1 unspecified atom stereocenters. The molecule has 2 amide bonds. The van der Waals surface area contributed by atoms with E-state index < -0.39 is 40.3 Å². The summed E-state index contributed by atoms with van der Waals surface area (Å²) >= 11 is 0. The summed E-state index contributed by atoms with van der Waals surface area (Å²) in [6.07, 6.45) is 1.89. The van der Waals surface area contributed by atoms with Gasteiger partial charge in [0.2, 0.25) is 11.8 Å². The predicted molar refractivity (Wildman–Crippen MR) is 140 cm³/mol. The molecule has 11 heteroatoms. The van der Waals surface area contributed by atoms with Crippen molar-refractivity contribution in [2.75, 3.05) is 18.6 Å². The van der Waals surface area contributed by atoms with E-state index in [-0.39, 0.29) is 44.4 Å². The number of carbonyl (C=O) groups is 3. The lowest BCUT2D eigenvalue weighted by molar-refractivity contribution is -0.137. The van der Waals surface area contributed by atoms with Crippen LogP contribution in [-0.2, 0) is 31.6 Å². The van der Waals surface area contributed by atoms with Gasteiger partial charge in [0.05, 0.1) is 0 Å². The van der Waals surface area contributed by atoms with Crippen LogP contribution >= 0.6 is 0 Å². The first-order chi connectivity index (χ1) is 17.5. The zero-order valence-electron chi connectivity index (χ0n) is 21.4. The van der Waals surface area contributed by atoms with E-state index in [0.29, 0.717) is 22.3 Å². The molecule has 10 nitrogen and oxygen atoms in total. The molecule has 0 aliphatic rings. The standard InChI is InChI=1S/C26H32N2O8S/c1-14-16(3)35-21-13-22-19(12-18(14)21)15(2)17(26(33)36-22)7-8-23(29)28-20(9-11-37(4)34)25(32)27-10-5-6-24(30)31/h12-13,20H,5-11H2,1-4H3,(H,27,32)(H,28,29)(H,30,31)/t20-,37?/m0/s1. The highest BCUT2D eigenvalue weighted by Gasteiger charge is 2.22. The molecule has 0 bridgehead atoms. The molecule has 0 saturated heterocycles. The Morgan fingerprint density at radius 3 is 2.38 bits per heavy atom. The lowest BCUT2D eigenvalue weighted by Crippen LogP contribution is -2.47. The Labute approximate surface area is 216 Å². The monoisotopic (exact) mass is 532 g/mol. The summed E-state index contributed by atoms with van der Waals surface area (Å²) in [5.74, 6) is -0.881. The van der Waals surface area contributed by atoms with Gasteiger partial charge >= 0.3 is 11.6 Å². The predicted octanol–water partition coefficient (Wildman–Crippen LogP) is 2.63. The van der Waals surface area contributed by atoms with E-state index in [1.54, 1.807) is 6.07 Å². The molecule has 0 saturated carbocycles. The second kappa shape index (κ2) is 12.2. The van der Waals surface area contributed by atoms with Gasteiger partial charge in [-0.3, -0.25) is 18.6 Å². The number of nitrogens with one attached hydrogen (secondary N) is 2. The van der Waals surface area contributed by atoms with Gasteiger partial charge in [-0.2, -0.15) is 0 Å². The first-order valence-electron chi connectivity index (χ1n) is 12.0. The number of carboxylic acids is 1. The molecule has 3 aromatic rings. The molecular formula is C26H32N2O8S. The van der Waals surface area contributed by atoms with Crippen LogP contribution in [0.3, 0.4) is 0 Å². The van der Waals surface area contributed by atoms with Crippen LogP contribution in [0.15, 0.2) is 25.8 Å². The average Bonchev–Trinajstić information content (AvgIpc) is 3.10. The minimum Gasteiger partial charge on any atom is -0.481 e. The first kappa shape index (κ1) is 28.1. The topological polar surface area (TPSA) is 156 Å². The molecule has 2 atom stereocenters. The summed E-state index contributed by atoms with van der Waals surface area (Å²) in [4.78, 5) is 48.6. The Morgan fingerprint density at radius 2 is 1.70 bits per heavy atom. The molecule has 3 N–H and O–H groups in total. The van der Waals surface area contributed by atoms with Crippen molar-refractivity contribution in [3.8, 4) is 0 Å². The fourth-order valence-electron chi connectivity index (χ4n) is 4.15. The second-order valence-corrected chi connectivity index (χ2v) is 10.6. The van der Waals surface area contributed by atoms with Crippen LogP contribution in [0.2, 0.25) is 0 Å². The van der Waals surface area contributed by atoms with Crippen LogP contribution in [0.5, 0.6) is 0 Å². The smallest absolute Gasteiger partial charge is 0.339 e. The maximum atomic E-state index is 12.7. The summed E-state index contributed by atoms with van der Waals surface area (Å²) < 4.78 is 22.8. The van der Waals surface area contributed by atoms with E-state index in [9.17, 15) is 23.4 Å². The molecular weight excluding hydrogens is 500 g/mol. The molecule has 0 spiro atoms. The van der Waals surface area contributed by atoms with Crippen LogP contribution in [-0.4, -0.2) is 51.7 Å². The number of rotatable bonds is 12. The molecule has 2 aromatic heterocycles. The van der Waals surface area contributed by atoms with Crippen molar-refractivity contribution in [2.24, 2.45) is 0 Å². The quantitative estimate of drug-likeness (QED) is 0.237. The Kier molecular flexibility index (Phi) is 9.25. The fraction of sp³-hybridized carbons (Fsp3) is 0.462. The molecule has 0 radical (unpaired) electrons. The van der Waals surface area contributed by atoms with Crippen LogP contribution in [0, 0.1) is 20.8 Å². The van der Waals surface area contributed by atoms with Crippen molar-refractivity contribution >= 4 is 50.5 Å². The highest BCUT2D eigenvalue weighted by Crippen LogP contribution is 2.31. The second-order valence-electron chi connectivity index (χ2n) is 9.10. The van der Waals surface area contributed by atoms with Crippen LogP contribution < -0.4 is 16.3 Å². The number of aryl methyl sites for hydroxylation is 3. The number of benzene rings is 1. The highest BCUT2D eigenvalue weighted by molar-refractivity contribution is 7.84. The molecule has 3 rings (SSSR count). The largest absolute Gasteiger partial charge is 0.481 e. The van der Waals surface area contributed by atoms with Crippen molar-refractivity contribution < 1.29 is 32.5 Å². The zero-order chi connectivity index (χ0) is 27.3. The molecule has 200 valence electrons. The van der Waals surface area contributed by atoms with E-state index in [2.05, 4.69) is 10.6 Å². The number of hydrogen-bond acceptors (Lipinski definition) is 7. The van der Waals surface area contributed by atoms with Gasteiger partial charge in [0.15, 0.2) is 0 Å². The number of amides is 2. The van der Waals surface area contributed by atoms with Gasteiger partial charge in [0, 0.05) is 64.6 Å². The zero-order valence-corrected chi connectivity index (χ0v) is 22.2.